The zero-order valence-corrected chi connectivity index (χ0v) is 12.5. The lowest BCUT2D eigenvalue weighted by molar-refractivity contribution is 0.0743. The first kappa shape index (κ1) is 15.2. The smallest absolute Gasteiger partial charge is 0.253 e. The van der Waals surface area contributed by atoms with E-state index in [-0.39, 0.29) is 11.9 Å². The van der Waals surface area contributed by atoms with Gasteiger partial charge in [0.2, 0.25) is 0 Å². The molecule has 1 amide bonds. The van der Waals surface area contributed by atoms with Crippen LogP contribution in [0.2, 0.25) is 5.02 Å². The zero-order chi connectivity index (χ0) is 13.7. The molecule has 0 saturated heterocycles. The Morgan fingerprint density at radius 1 is 1.56 bits per heavy atom. The number of thioether (sulfide) groups is 1. The number of halogens is 1. The minimum absolute atomic E-state index is 0.0146. The second-order valence-electron chi connectivity index (χ2n) is 4.17. The maximum atomic E-state index is 12.3. The Morgan fingerprint density at radius 2 is 2.22 bits per heavy atom. The van der Waals surface area contributed by atoms with Crippen LogP contribution in [-0.4, -0.2) is 35.9 Å². The molecular weight excluding hydrogens is 268 g/mol. The van der Waals surface area contributed by atoms with Crippen LogP contribution in [0, 0.1) is 0 Å². The molecule has 0 radical (unpaired) electrons. The molecule has 0 saturated carbocycles. The van der Waals surface area contributed by atoms with Gasteiger partial charge >= 0.3 is 0 Å². The molecule has 2 N–H and O–H groups in total. The number of hydrogen-bond donors (Lipinski definition) is 1. The molecule has 1 unspecified atom stereocenters. The fourth-order valence-corrected chi connectivity index (χ4v) is 2.70. The number of nitrogen functional groups attached to an aromatic ring is 1. The molecular formula is C13H19ClN2OS. The largest absolute Gasteiger partial charge is 0.398 e. The number of benzene rings is 1. The van der Waals surface area contributed by atoms with Crippen molar-refractivity contribution in [2.24, 2.45) is 0 Å². The van der Waals surface area contributed by atoms with Gasteiger partial charge in [0, 0.05) is 24.4 Å². The van der Waals surface area contributed by atoms with Gasteiger partial charge in [-0.2, -0.15) is 11.8 Å². The van der Waals surface area contributed by atoms with Crippen molar-refractivity contribution < 1.29 is 4.79 Å². The SMILES string of the molecule is CCC(CSC)N(C)C(=O)c1ccc(Cl)c(N)c1. The third kappa shape index (κ3) is 3.56. The monoisotopic (exact) mass is 286 g/mol. The van der Waals surface area contributed by atoms with Crippen LogP contribution in [0.3, 0.4) is 0 Å². The Bertz CT molecular complexity index is 425. The van der Waals surface area contributed by atoms with Gasteiger partial charge in [-0.25, -0.2) is 0 Å². The Hall–Kier alpha value is -0.870. The lowest BCUT2D eigenvalue weighted by atomic mass is 10.1. The highest BCUT2D eigenvalue weighted by Gasteiger charge is 2.19. The van der Waals surface area contributed by atoms with Crippen LogP contribution in [0.15, 0.2) is 18.2 Å². The zero-order valence-electron chi connectivity index (χ0n) is 10.9. The van der Waals surface area contributed by atoms with Gasteiger partial charge in [0.25, 0.3) is 5.91 Å². The maximum Gasteiger partial charge on any atom is 0.253 e. The third-order valence-corrected chi connectivity index (χ3v) is 4.00. The van der Waals surface area contributed by atoms with Gasteiger partial charge in [0.1, 0.15) is 0 Å². The normalized spacial score (nSPS) is 12.2. The predicted molar refractivity (Wildman–Crippen MR) is 80.4 cm³/mol. The number of hydrogen-bond acceptors (Lipinski definition) is 3. The van der Waals surface area contributed by atoms with Crippen LogP contribution in [0.5, 0.6) is 0 Å². The topological polar surface area (TPSA) is 46.3 Å². The van der Waals surface area contributed by atoms with Crippen molar-refractivity contribution in [2.45, 2.75) is 19.4 Å². The minimum Gasteiger partial charge on any atom is -0.398 e. The summed E-state index contributed by atoms with van der Waals surface area (Å²) < 4.78 is 0. The second kappa shape index (κ2) is 6.90. The first-order chi connectivity index (χ1) is 8.51. The van der Waals surface area contributed by atoms with E-state index >= 15 is 0 Å². The van der Waals surface area contributed by atoms with Crippen LogP contribution in [0.25, 0.3) is 0 Å². The summed E-state index contributed by atoms with van der Waals surface area (Å²) in [5.41, 5.74) is 6.74. The van der Waals surface area contributed by atoms with Gasteiger partial charge < -0.3 is 10.6 Å². The van der Waals surface area contributed by atoms with Crippen LogP contribution in [-0.2, 0) is 0 Å². The summed E-state index contributed by atoms with van der Waals surface area (Å²) in [6, 6.07) is 5.24. The molecule has 0 aliphatic rings. The summed E-state index contributed by atoms with van der Waals surface area (Å²) in [5.74, 6) is 0.918. The first-order valence-corrected chi connectivity index (χ1v) is 7.59. The molecule has 0 aromatic heterocycles. The lowest BCUT2D eigenvalue weighted by Gasteiger charge is -2.27. The van der Waals surface area contributed by atoms with Crippen molar-refractivity contribution in [1.82, 2.24) is 4.90 Å². The molecule has 100 valence electrons. The van der Waals surface area contributed by atoms with E-state index in [9.17, 15) is 4.79 Å². The quantitative estimate of drug-likeness (QED) is 0.846. The molecule has 5 heteroatoms. The molecule has 1 atom stereocenters. The van der Waals surface area contributed by atoms with Crippen molar-refractivity contribution in [2.75, 3.05) is 24.8 Å². The van der Waals surface area contributed by atoms with Gasteiger partial charge in [-0.3, -0.25) is 4.79 Å². The molecule has 0 bridgehead atoms. The van der Waals surface area contributed by atoms with E-state index in [1.165, 1.54) is 0 Å². The van der Waals surface area contributed by atoms with E-state index < -0.39 is 0 Å². The van der Waals surface area contributed by atoms with E-state index in [0.29, 0.717) is 16.3 Å². The average molecular weight is 287 g/mol. The Morgan fingerprint density at radius 3 is 2.72 bits per heavy atom. The number of rotatable bonds is 5. The van der Waals surface area contributed by atoms with E-state index in [1.807, 2.05) is 13.3 Å². The van der Waals surface area contributed by atoms with Gasteiger partial charge in [-0.15, -0.1) is 0 Å². The Labute approximate surface area is 118 Å². The van der Waals surface area contributed by atoms with Gasteiger partial charge in [0.05, 0.1) is 10.7 Å². The number of nitrogens with zero attached hydrogens (tertiary/aromatic N) is 1. The second-order valence-corrected chi connectivity index (χ2v) is 5.49. The fourth-order valence-electron chi connectivity index (χ4n) is 1.74. The minimum atomic E-state index is -0.0146. The molecule has 0 fully saturated rings. The number of anilines is 1. The molecule has 0 heterocycles. The number of nitrogens with two attached hydrogens (primary N) is 1. The lowest BCUT2D eigenvalue weighted by Crippen LogP contribution is -2.38. The molecule has 0 aliphatic heterocycles. The van der Waals surface area contributed by atoms with Gasteiger partial charge in [-0.1, -0.05) is 18.5 Å². The summed E-state index contributed by atoms with van der Waals surface area (Å²) in [6.45, 7) is 2.08. The van der Waals surface area contributed by atoms with E-state index in [4.69, 9.17) is 17.3 Å². The van der Waals surface area contributed by atoms with Crippen LogP contribution in [0.4, 0.5) is 5.69 Å². The fraction of sp³-hybridized carbons (Fsp3) is 0.462. The highest BCUT2D eigenvalue weighted by molar-refractivity contribution is 7.98. The summed E-state index contributed by atoms with van der Waals surface area (Å²) in [5, 5.41) is 0.477. The molecule has 1 aromatic rings. The highest BCUT2D eigenvalue weighted by Crippen LogP contribution is 2.21. The summed E-state index contributed by atoms with van der Waals surface area (Å²) in [7, 11) is 1.83. The van der Waals surface area contributed by atoms with Crippen LogP contribution >= 0.6 is 23.4 Å². The van der Waals surface area contributed by atoms with Crippen LogP contribution < -0.4 is 5.73 Å². The average Bonchev–Trinajstić information content (AvgIpc) is 2.37. The summed E-state index contributed by atoms with van der Waals surface area (Å²) in [6.07, 6.45) is 2.98. The molecule has 3 nitrogen and oxygen atoms in total. The Balaban J connectivity index is 2.88. The maximum absolute atomic E-state index is 12.3. The molecule has 0 aliphatic carbocycles. The number of carbonyl (C=O) groups is 1. The van der Waals surface area contributed by atoms with Gasteiger partial charge in [-0.05, 0) is 30.9 Å². The van der Waals surface area contributed by atoms with E-state index in [0.717, 1.165) is 12.2 Å². The van der Waals surface area contributed by atoms with E-state index in [2.05, 4.69) is 6.92 Å². The highest BCUT2D eigenvalue weighted by atomic mass is 35.5. The summed E-state index contributed by atoms with van der Waals surface area (Å²) in [4.78, 5) is 14.1. The Kier molecular flexibility index (Phi) is 5.82. The molecule has 1 rings (SSSR count). The van der Waals surface area contributed by atoms with E-state index in [1.54, 1.807) is 34.9 Å². The number of carbonyl (C=O) groups excluding carboxylic acids is 1. The van der Waals surface area contributed by atoms with Crippen molar-refractivity contribution in [3.8, 4) is 0 Å². The third-order valence-electron chi connectivity index (χ3n) is 2.94. The first-order valence-electron chi connectivity index (χ1n) is 5.82. The standard InChI is InChI=1S/C13H19ClN2OS/c1-4-10(8-18-3)16(2)13(17)9-5-6-11(14)12(15)7-9/h5-7,10H,4,8,15H2,1-3H3. The van der Waals surface area contributed by atoms with Crippen molar-refractivity contribution in [3.63, 3.8) is 0 Å². The van der Waals surface area contributed by atoms with Crippen molar-refractivity contribution in [3.05, 3.63) is 28.8 Å². The number of amides is 1. The van der Waals surface area contributed by atoms with Gasteiger partial charge in [0.15, 0.2) is 0 Å². The molecule has 1 aromatic carbocycles. The summed E-state index contributed by atoms with van der Waals surface area (Å²) >= 11 is 7.59. The predicted octanol–water partition coefficient (Wildman–Crippen LogP) is 3.14. The van der Waals surface area contributed by atoms with Crippen molar-refractivity contribution in [1.29, 1.82) is 0 Å². The van der Waals surface area contributed by atoms with Crippen molar-refractivity contribution >= 4 is 35.0 Å². The van der Waals surface area contributed by atoms with Crippen LogP contribution in [0.1, 0.15) is 23.7 Å². The molecule has 18 heavy (non-hydrogen) atoms. The molecule has 0 spiro atoms.